The fourth-order valence-electron chi connectivity index (χ4n) is 1.13. The molecule has 0 heterocycles. The summed E-state index contributed by atoms with van der Waals surface area (Å²) in [4.78, 5) is 11.0. The van der Waals surface area contributed by atoms with E-state index >= 15 is 0 Å². The molecule has 0 radical (unpaired) electrons. The largest absolute Gasteiger partial charge is 0.466 e. The van der Waals surface area contributed by atoms with E-state index in [0.717, 1.165) is 5.56 Å². The zero-order valence-electron chi connectivity index (χ0n) is 8.13. The van der Waals surface area contributed by atoms with Crippen LogP contribution in [-0.2, 0) is 16.0 Å². The van der Waals surface area contributed by atoms with Crippen molar-refractivity contribution in [3.63, 3.8) is 0 Å². The minimum atomic E-state index is -0.151. The first kappa shape index (κ1) is 11.1. The number of hydrogen-bond donors (Lipinski definition) is 0. The van der Waals surface area contributed by atoms with E-state index in [2.05, 4.69) is 0 Å². The molecule has 0 saturated heterocycles. The van der Waals surface area contributed by atoms with Gasteiger partial charge in [-0.1, -0.05) is 23.7 Å². The maximum absolute atomic E-state index is 11.0. The maximum Gasteiger partial charge on any atom is 0.306 e. The van der Waals surface area contributed by atoms with E-state index in [1.54, 1.807) is 6.92 Å². The monoisotopic (exact) mass is 212 g/mol. The number of benzene rings is 1. The van der Waals surface area contributed by atoms with E-state index in [4.69, 9.17) is 16.3 Å². The summed E-state index contributed by atoms with van der Waals surface area (Å²) in [5.74, 6) is -0.151. The minimum absolute atomic E-state index is 0.151. The highest BCUT2D eigenvalue weighted by Gasteiger charge is 2.01. The van der Waals surface area contributed by atoms with Gasteiger partial charge in [-0.2, -0.15) is 0 Å². The third kappa shape index (κ3) is 3.79. The second-order valence-corrected chi connectivity index (χ2v) is 3.37. The van der Waals surface area contributed by atoms with Gasteiger partial charge in [0, 0.05) is 11.4 Å². The van der Waals surface area contributed by atoms with Crippen molar-refractivity contribution in [3.05, 3.63) is 34.9 Å². The van der Waals surface area contributed by atoms with Crippen LogP contribution in [0.2, 0.25) is 5.02 Å². The Morgan fingerprint density at radius 3 is 2.57 bits per heavy atom. The van der Waals surface area contributed by atoms with Crippen molar-refractivity contribution in [2.45, 2.75) is 19.8 Å². The highest BCUT2D eigenvalue weighted by atomic mass is 35.5. The molecule has 0 spiro atoms. The zero-order chi connectivity index (χ0) is 10.4. The lowest BCUT2D eigenvalue weighted by molar-refractivity contribution is -0.143. The van der Waals surface area contributed by atoms with Crippen molar-refractivity contribution in [2.24, 2.45) is 0 Å². The Hall–Kier alpha value is -1.02. The minimum Gasteiger partial charge on any atom is -0.466 e. The fourth-order valence-corrected chi connectivity index (χ4v) is 1.26. The van der Waals surface area contributed by atoms with Crippen molar-refractivity contribution in [2.75, 3.05) is 6.61 Å². The summed E-state index contributed by atoms with van der Waals surface area (Å²) in [7, 11) is 0. The Bertz CT molecular complexity index is 293. The summed E-state index contributed by atoms with van der Waals surface area (Å²) in [6, 6.07) is 7.48. The molecule has 2 nitrogen and oxygen atoms in total. The average molecular weight is 213 g/mol. The molecule has 0 aliphatic rings. The second-order valence-electron chi connectivity index (χ2n) is 2.93. The molecule has 3 heteroatoms. The molecule has 0 fully saturated rings. The zero-order valence-corrected chi connectivity index (χ0v) is 8.88. The molecule has 1 aromatic carbocycles. The quantitative estimate of drug-likeness (QED) is 0.718. The Labute approximate surface area is 88.8 Å². The summed E-state index contributed by atoms with van der Waals surface area (Å²) < 4.78 is 4.82. The molecule has 0 unspecified atom stereocenters. The van der Waals surface area contributed by atoms with Gasteiger partial charge in [0.25, 0.3) is 0 Å². The molecule has 14 heavy (non-hydrogen) atoms. The Balaban J connectivity index is 2.38. The van der Waals surface area contributed by atoms with Crippen LogP contribution in [0, 0.1) is 0 Å². The molecular weight excluding hydrogens is 200 g/mol. The van der Waals surface area contributed by atoms with Crippen LogP contribution in [0.3, 0.4) is 0 Å². The predicted molar refractivity (Wildman–Crippen MR) is 56.4 cm³/mol. The van der Waals surface area contributed by atoms with E-state index in [9.17, 15) is 4.79 Å². The summed E-state index contributed by atoms with van der Waals surface area (Å²) in [6.45, 7) is 2.25. The van der Waals surface area contributed by atoms with E-state index in [1.165, 1.54) is 0 Å². The van der Waals surface area contributed by atoms with Crippen molar-refractivity contribution in [1.29, 1.82) is 0 Å². The van der Waals surface area contributed by atoms with Gasteiger partial charge in [0.15, 0.2) is 0 Å². The molecule has 0 aliphatic carbocycles. The molecule has 0 bridgehead atoms. The number of carbonyl (C=O) groups excluding carboxylic acids is 1. The number of aryl methyl sites for hydroxylation is 1. The standard InChI is InChI=1S/C11H13ClO2/c1-2-14-11(13)8-5-9-3-6-10(12)7-4-9/h3-4,6-7H,2,5,8H2,1H3. The molecule has 0 aromatic heterocycles. The van der Waals surface area contributed by atoms with Crippen LogP contribution in [0.5, 0.6) is 0 Å². The Morgan fingerprint density at radius 2 is 2.00 bits per heavy atom. The van der Waals surface area contributed by atoms with Gasteiger partial charge in [0.05, 0.1) is 6.61 Å². The lowest BCUT2D eigenvalue weighted by atomic mass is 10.1. The van der Waals surface area contributed by atoms with Crippen LogP contribution < -0.4 is 0 Å². The molecule has 76 valence electrons. The normalized spacial score (nSPS) is 9.86. The van der Waals surface area contributed by atoms with Crippen molar-refractivity contribution < 1.29 is 9.53 Å². The van der Waals surface area contributed by atoms with Crippen LogP contribution in [-0.4, -0.2) is 12.6 Å². The number of carbonyl (C=O) groups is 1. The van der Waals surface area contributed by atoms with Gasteiger partial charge in [-0.3, -0.25) is 4.79 Å². The maximum atomic E-state index is 11.0. The summed E-state index contributed by atoms with van der Waals surface area (Å²) in [5.41, 5.74) is 1.10. The van der Waals surface area contributed by atoms with E-state index in [0.29, 0.717) is 24.5 Å². The highest BCUT2D eigenvalue weighted by Crippen LogP contribution is 2.11. The molecule has 1 rings (SSSR count). The molecular formula is C11H13ClO2. The SMILES string of the molecule is CCOC(=O)CCc1ccc(Cl)cc1. The van der Waals surface area contributed by atoms with Crippen LogP contribution in [0.25, 0.3) is 0 Å². The van der Waals surface area contributed by atoms with Gasteiger partial charge in [-0.25, -0.2) is 0 Å². The topological polar surface area (TPSA) is 26.3 Å². The molecule has 0 N–H and O–H groups in total. The predicted octanol–water partition coefficient (Wildman–Crippen LogP) is 2.84. The second kappa shape index (κ2) is 5.66. The van der Waals surface area contributed by atoms with Crippen molar-refractivity contribution >= 4 is 17.6 Å². The number of esters is 1. The molecule has 0 amide bonds. The van der Waals surface area contributed by atoms with E-state index in [-0.39, 0.29) is 5.97 Å². The van der Waals surface area contributed by atoms with Crippen LogP contribution in [0.15, 0.2) is 24.3 Å². The third-order valence-corrected chi connectivity index (χ3v) is 2.09. The number of rotatable bonds is 4. The van der Waals surface area contributed by atoms with Crippen molar-refractivity contribution in [1.82, 2.24) is 0 Å². The first-order chi connectivity index (χ1) is 6.72. The third-order valence-electron chi connectivity index (χ3n) is 1.84. The number of ether oxygens (including phenoxy) is 1. The lowest BCUT2D eigenvalue weighted by Crippen LogP contribution is -2.04. The van der Waals surface area contributed by atoms with Gasteiger partial charge in [0.1, 0.15) is 0 Å². The smallest absolute Gasteiger partial charge is 0.306 e. The Morgan fingerprint density at radius 1 is 1.36 bits per heavy atom. The Kier molecular flexibility index (Phi) is 4.47. The summed E-state index contributed by atoms with van der Waals surface area (Å²) in [6.07, 6.45) is 1.13. The van der Waals surface area contributed by atoms with Gasteiger partial charge >= 0.3 is 5.97 Å². The van der Waals surface area contributed by atoms with Gasteiger partial charge in [-0.15, -0.1) is 0 Å². The van der Waals surface area contributed by atoms with Crippen molar-refractivity contribution in [3.8, 4) is 0 Å². The van der Waals surface area contributed by atoms with E-state index < -0.39 is 0 Å². The van der Waals surface area contributed by atoms with Gasteiger partial charge < -0.3 is 4.74 Å². The van der Waals surface area contributed by atoms with Crippen LogP contribution in [0.1, 0.15) is 18.9 Å². The first-order valence-corrected chi connectivity index (χ1v) is 5.00. The number of hydrogen-bond acceptors (Lipinski definition) is 2. The molecule has 0 aliphatic heterocycles. The number of halogens is 1. The first-order valence-electron chi connectivity index (χ1n) is 4.62. The lowest BCUT2D eigenvalue weighted by Gasteiger charge is -2.01. The molecule has 0 saturated carbocycles. The van der Waals surface area contributed by atoms with E-state index in [1.807, 2.05) is 24.3 Å². The summed E-state index contributed by atoms with van der Waals surface area (Å²) >= 11 is 5.73. The van der Waals surface area contributed by atoms with Gasteiger partial charge in [0.2, 0.25) is 0 Å². The fraction of sp³-hybridized carbons (Fsp3) is 0.364. The molecule has 1 aromatic rings. The van der Waals surface area contributed by atoms with Gasteiger partial charge in [-0.05, 0) is 31.0 Å². The van der Waals surface area contributed by atoms with Crippen LogP contribution >= 0.6 is 11.6 Å². The average Bonchev–Trinajstić information content (AvgIpc) is 2.17. The van der Waals surface area contributed by atoms with Crippen LogP contribution in [0.4, 0.5) is 0 Å². The highest BCUT2D eigenvalue weighted by molar-refractivity contribution is 6.30. The molecule has 0 atom stereocenters. The summed E-state index contributed by atoms with van der Waals surface area (Å²) in [5, 5.41) is 0.713.